The maximum Gasteiger partial charge on any atom is 0.245 e. The number of fused-ring (bicyclic) bond motifs is 1. The zero-order valence-electron chi connectivity index (χ0n) is 23.0. The molecule has 7 nitrogen and oxygen atoms in total. The SMILES string of the molecule is CCC[C@H](N[C@H]1CCc2cc(F)cc(F)c2C1)C(=O)Nc1cn(C(C)(C)C(=O)NCc2ccccc2C)cn1. The number of carbonyl (C=O) groups excluding carboxylic acids is 2. The first-order chi connectivity index (χ1) is 18.6. The van der Waals surface area contributed by atoms with Crippen LogP contribution in [0.4, 0.5) is 14.6 Å². The molecule has 0 unspecified atom stereocenters. The third-order valence-electron chi connectivity index (χ3n) is 7.53. The minimum atomic E-state index is -0.932. The van der Waals surface area contributed by atoms with Gasteiger partial charge in [0, 0.05) is 24.8 Å². The maximum absolute atomic E-state index is 14.4. The van der Waals surface area contributed by atoms with E-state index >= 15 is 0 Å². The minimum Gasteiger partial charge on any atom is -0.350 e. The minimum absolute atomic E-state index is 0.104. The van der Waals surface area contributed by atoms with E-state index in [-0.39, 0.29) is 17.9 Å². The van der Waals surface area contributed by atoms with Crippen LogP contribution in [0.5, 0.6) is 0 Å². The Balaban J connectivity index is 1.37. The van der Waals surface area contributed by atoms with Gasteiger partial charge in [-0.05, 0) is 74.8 Å². The fraction of sp³-hybridized carbons (Fsp3) is 0.433. The number of anilines is 1. The van der Waals surface area contributed by atoms with Crippen LogP contribution in [0.15, 0.2) is 48.9 Å². The van der Waals surface area contributed by atoms with E-state index in [2.05, 4.69) is 20.9 Å². The third kappa shape index (κ3) is 6.71. The molecule has 39 heavy (non-hydrogen) atoms. The van der Waals surface area contributed by atoms with Crippen molar-refractivity contribution in [1.82, 2.24) is 20.2 Å². The van der Waals surface area contributed by atoms with Gasteiger partial charge in [0.05, 0.1) is 12.4 Å². The van der Waals surface area contributed by atoms with Crippen LogP contribution in [0.25, 0.3) is 0 Å². The fourth-order valence-electron chi connectivity index (χ4n) is 5.02. The number of nitrogens with zero attached hydrogens (tertiary/aromatic N) is 2. The highest BCUT2D eigenvalue weighted by Crippen LogP contribution is 2.26. The number of nitrogens with one attached hydrogen (secondary N) is 3. The summed E-state index contributed by atoms with van der Waals surface area (Å²) in [6.45, 7) is 8.00. The molecule has 1 heterocycles. The molecule has 2 aromatic carbocycles. The van der Waals surface area contributed by atoms with Crippen molar-refractivity contribution in [3.63, 3.8) is 0 Å². The average molecular weight is 538 g/mol. The Kier molecular flexibility index (Phi) is 8.80. The Bertz CT molecular complexity index is 1340. The van der Waals surface area contributed by atoms with Gasteiger partial charge in [0.1, 0.15) is 17.2 Å². The molecule has 4 rings (SSSR count). The van der Waals surface area contributed by atoms with Gasteiger partial charge in [-0.15, -0.1) is 0 Å². The standard InChI is InChI=1S/C30H37F2N5O2/c1-5-8-26(35-23-12-11-20-13-22(31)14-25(32)24(20)15-23)28(38)36-27-17-37(18-34-27)30(3,4)29(39)33-16-21-10-7-6-9-19(21)2/h6-7,9-10,13-14,17-18,23,26,35H,5,8,11-12,15-16H2,1-4H3,(H,33,39)(H,36,38)/t23-,26-/m0/s1. The lowest BCUT2D eigenvalue weighted by atomic mass is 9.87. The zero-order chi connectivity index (χ0) is 28.2. The average Bonchev–Trinajstić information content (AvgIpc) is 3.37. The molecule has 1 aliphatic rings. The second kappa shape index (κ2) is 12.1. The molecular weight excluding hydrogens is 500 g/mol. The van der Waals surface area contributed by atoms with Crippen LogP contribution in [0.1, 0.15) is 62.3 Å². The summed E-state index contributed by atoms with van der Waals surface area (Å²) in [5, 5.41) is 9.23. The van der Waals surface area contributed by atoms with E-state index < -0.39 is 23.2 Å². The molecule has 0 saturated carbocycles. The number of hydrogen-bond donors (Lipinski definition) is 3. The molecule has 0 aliphatic heterocycles. The molecule has 9 heteroatoms. The normalized spacial score (nSPS) is 15.9. The maximum atomic E-state index is 14.4. The number of amides is 2. The first-order valence-electron chi connectivity index (χ1n) is 13.5. The summed E-state index contributed by atoms with van der Waals surface area (Å²) in [7, 11) is 0. The van der Waals surface area contributed by atoms with Gasteiger partial charge in [-0.25, -0.2) is 13.8 Å². The van der Waals surface area contributed by atoms with Crippen molar-refractivity contribution in [2.75, 3.05) is 5.32 Å². The summed E-state index contributed by atoms with van der Waals surface area (Å²) in [6, 6.07) is 9.60. The number of imidazole rings is 1. The molecule has 1 aromatic heterocycles. The lowest BCUT2D eigenvalue weighted by Gasteiger charge is -2.29. The Morgan fingerprint density at radius 2 is 1.97 bits per heavy atom. The summed E-state index contributed by atoms with van der Waals surface area (Å²) in [4.78, 5) is 30.5. The van der Waals surface area contributed by atoms with Crippen molar-refractivity contribution in [1.29, 1.82) is 0 Å². The van der Waals surface area contributed by atoms with Crippen molar-refractivity contribution < 1.29 is 18.4 Å². The molecule has 0 saturated heterocycles. The van der Waals surface area contributed by atoms with Crippen LogP contribution >= 0.6 is 0 Å². The molecule has 0 fully saturated rings. The molecule has 0 spiro atoms. The number of aromatic nitrogens is 2. The molecule has 0 radical (unpaired) electrons. The summed E-state index contributed by atoms with van der Waals surface area (Å²) in [5.41, 5.74) is 2.43. The van der Waals surface area contributed by atoms with Crippen molar-refractivity contribution in [3.05, 3.63) is 82.8 Å². The highest BCUT2D eigenvalue weighted by Gasteiger charge is 2.31. The topological polar surface area (TPSA) is 88.0 Å². The van der Waals surface area contributed by atoms with Gasteiger partial charge in [0.2, 0.25) is 11.8 Å². The van der Waals surface area contributed by atoms with E-state index in [1.54, 1.807) is 24.6 Å². The van der Waals surface area contributed by atoms with Gasteiger partial charge in [-0.2, -0.15) is 0 Å². The van der Waals surface area contributed by atoms with E-state index in [9.17, 15) is 18.4 Å². The monoisotopic (exact) mass is 537 g/mol. The number of benzene rings is 2. The molecule has 2 atom stereocenters. The summed E-state index contributed by atoms with van der Waals surface area (Å²) < 4.78 is 29.6. The van der Waals surface area contributed by atoms with Gasteiger partial charge in [-0.3, -0.25) is 9.59 Å². The highest BCUT2D eigenvalue weighted by molar-refractivity contribution is 5.94. The molecular formula is C30H37F2N5O2. The van der Waals surface area contributed by atoms with E-state index in [0.717, 1.165) is 23.6 Å². The molecule has 1 aliphatic carbocycles. The summed E-state index contributed by atoms with van der Waals surface area (Å²) in [6.07, 6.45) is 6.18. The molecule has 3 N–H and O–H groups in total. The van der Waals surface area contributed by atoms with E-state index in [0.29, 0.717) is 49.2 Å². The van der Waals surface area contributed by atoms with Crippen molar-refractivity contribution in [2.24, 2.45) is 0 Å². The first-order valence-corrected chi connectivity index (χ1v) is 13.5. The van der Waals surface area contributed by atoms with Crippen LogP contribution in [-0.2, 0) is 34.5 Å². The number of rotatable bonds is 10. The van der Waals surface area contributed by atoms with Crippen molar-refractivity contribution in [3.8, 4) is 0 Å². The Hall–Kier alpha value is -3.59. The van der Waals surface area contributed by atoms with Gasteiger partial charge in [0.25, 0.3) is 0 Å². The predicted octanol–water partition coefficient (Wildman–Crippen LogP) is 4.78. The van der Waals surface area contributed by atoms with Gasteiger partial charge >= 0.3 is 0 Å². The van der Waals surface area contributed by atoms with Crippen LogP contribution in [0, 0.1) is 18.6 Å². The largest absolute Gasteiger partial charge is 0.350 e. The Labute approximate surface area is 228 Å². The third-order valence-corrected chi connectivity index (χ3v) is 7.53. The van der Waals surface area contributed by atoms with Crippen LogP contribution in [0.2, 0.25) is 0 Å². The molecule has 3 aromatic rings. The molecule has 2 amide bonds. The quantitative estimate of drug-likeness (QED) is 0.348. The molecule has 208 valence electrons. The van der Waals surface area contributed by atoms with Crippen LogP contribution in [0.3, 0.4) is 0 Å². The van der Waals surface area contributed by atoms with Crippen LogP contribution < -0.4 is 16.0 Å². The Morgan fingerprint density at radius 3 is 2.72 bits per heavy atom. The lowest BCUT2D eigenvalue weighted by molar-refractivity contribution is -0.128. The van der Waals surface area contributed by atoms with Crippen molar-refractivity contribution >= 4 is 17.6 Å². The second-order valence-corrected chi connectivity index (χ2v) is 10.8. The number of aryl methyl sites for hydroxylation is 2. The molecule has 0 bridgehead atoms. The zero-order valence-corrected chi connectivity index (χ0v) is 23.0. The highest BCUT2D eigenvalue weighted by atomic mass is 19.1. The van der Waals surface area contributed by atoms with Gasteiger partial charge in [0.15, 0.2) is 5.82 Å². The predicted molar refractivity (Wildman–Crippen MR) is 147 cm³/mol. The van der Waals surface area contributed by atoms with Gasteiger partial charge < -0.3 is 20.5 Å². The van der Waals surface area contributed by atoms with Crippen LogP contribution in [-0.4, -0.2) is 33.4 Å². The smallest absolute Gasteiger partial charge is 0.245 e. The first kappa shape index (κ1) is 28.4. The fourth-order valence-corrected chi connectivity index (χ4v) is 5.02. The van der Waals surface area contributed by atoms with Crippen molar-refractivity contribution in [2.45, 2.75) is 84.0 Å². The second-order valence-electron chi connectivity index (χ2n) is 10.8. The Morgan fingerprint density at radius 1 is 1.21 bits per heavy atom. The van der Waals surface area contributed by atoms with E-state index in [4.69, 9.17) is 0 Å². The summed E-state index contributed by atoms with van der Waals surface area (Å²) in [5.74, 6) is -1.17. The van der Waals surface area contributed by atoms with E-state index in [1.807, 2.05) is 38.1 Å². The van der Waals surface area contributed by atoms with Gasteiger partial charge in [-0.1, -0.05) is 37.6 Å². The number of hydrogen-bond acceptors (Lipinski definition) is 4. The lowest BCUT2D eigenvalue weighted by Crippen LogP contribution is -2.48. The summed E-state index contributed by atoms with van der Waals surface area (Å²) >= 11 is 0. The number of carbonyl (C=O) groups is 2. The number of halogens is 2. The van der Waals surface area contributed by atoms with E-state index in [1.165, 1.54) is 12.4 Å².